The first-order valence-electron chi connectivity index (χ1n) is 7.58. The zero-order chi connectivity index (χ0) is 14.2. The largest absolute Gasteiger partial charge is 0.337 e. The van der Waals surface area contributed by atoms with Crippen molar-refractivity contribution in [2.75, 3.05) is 13.1 Å². The van der Waals surface area contributed by atoms with Crippen LogP contribution in [0.25, 0.3) is 0 Å². The summed E-state index contributed by atoms with van der Waals surface area (Å²) in [7, 11) is 1.99. The molecule has 1 N–H and O–H groups in total. The van der Waals surface area contributed by atoms with Gasteiger partial charge in [0.05, 0.1) is 12.0 Å². The van der Waals surface area contributed by atoms with Crippen LogP contribution in [-0.4, -0.2) is 39.5 Å². The average Bonchev–Trinajstić information content (AvgIpc) is 3.20. The standard InChI is InChI=1S/C15H24N4O/c1-15(6-3-7-16-11-15)14(20)19(12-4-5-12)10-13-17-8-9-18(13)2/h8-9,12,16H,3-7,10-11H2,1-2H3. The fourth-order valence-corrected chi connectivity index (χ4v) is 3.04. The van der Waals surface area contributed by atoms with Crippen molar-refractivity contribution in [2.45, 2.75) is 45.2 Å². The number of amides is 1. The monoisotopic (exact) mass is 276 g/mol. The van der Waals surface area contributed by atoms with Gasteiger partial charge >= 0.3 is 0 Å². The quantitative estimate of drug-likeness (QED) is 0.902. The molecule has 5 nitrogen and oxygen atoms in total. The molecule has 1 unspecified atom stereocenters. The van der Waals surface area contributed by atoms with E-state index in [0.29, 0.717) is 18.5 Å². The number of imidazole rings is 1. The molecule has 1 saturated carbocycles. The molecule has 0 bridgehead atoms. The maximum Gasteiger partial charge on any atom is 0.230 e. The lowest BCUT2D eigenvalue weighted by Gasteiger charge is -2.37. The summed E-state index contributed by atoms with van der Waals surface area (Å²) >= 11 is 0. The number of piperidine rings is 1. The minimum atomic E-state index is -0.244. The van der Waals surface area contributed by atoms with Gasteiger partial charge in [-0.1, -0.05) is 0 Å². The fraction of sp³-hybridized carbons (Fsp3) is 0.733. The first-order chi connectivity index (χ1) is 9.60. The van der Waals surface area contributed by atoms with Gasteiger partial charge in [0.2, 0.25) is 5.91 Å². The number of aryl methyl sites for hydroxylation is 1. The van der Waals surface area contributed by atoms with E-state index < -0.39 is 0 Å². The molecule has 20 heavy (non-hydrogen) atoms. The predicted octanol–water partition coefficient (Wildman–Crippen LogP) is 1.30. The number of carbonyl (C=O) groups is 1. The lowest BCUT2D eigenvalue weighted by atomic mass is 9.81. The summed E-state index contributed by atoms with van der Waals surface area (Å²) in [6, 6.07) is 0.429. The summed E-state index contributed by atoms with van der Waals surface area (Å²) in [5.41, 5.74) is -0.244. The van der Waals surface area contributed by atoms with E-state index >= 15 is 0 Å². The number of carbonyl (C=O) groups excluding carboxylic acids is 1. The molecule has 110 valence electrons. The van der Waals surface area contributed by atoms with Gasteiger partial charge in [-0.25, -0.2) is 4.98 Å². The lowest BCUT2D eigenvalue weighted by molar-refractivity contribution is -0.143. The summed E-state index contributed by atoms with van der Waals surface area (Å²) in [4.78, 5) is 19.4. The van der Waals surface area contributed by atoms with Crippen LogP contribution < -0.4 is 5.32 Å². The second-order valence-corrected chi connectivity index (χ2v) is 6.46. The van der Waals surface area contributed by atoms with Gasteiger partial charge in [-0.2, -0.15) is 0 Å². The zero-order valence-corrected chi connectivity index (χ0v) is 12.4. The van der Waals surface area contributed by atoms with Crippen molar-refractivity contribution in [1.29, 1.82) is 0 Å². The van der Waals surface area contributed by atoms with E-state index in [-0.39, 0.29) is 5.41 Å². The highest BCUT2D eigenvalue weighted by Crippen LogP contribution is 2.35. The third-order valence-electron chi connectivity index (χ3n) is 4.59. The smallest absolute Gasteiger partial charge is 0.230 e. The summed E-state index contributed by atoms with van der Waals surface area (Å²) < 4.78 is 2.00. The van der Waals surface area contributed by atoms with Crippen LogP contribution in [0.3, 0.4) is 0 Å². The molecule has 1 atom stereocenters. The Hall–Kier alpha value is -1.36. The van der Waals surface area contributed by atoms with E-state index in [1.54, 1.807) is 6.20 Å². The van der Waals surface area contributed by atoms with Crippen LogP contribution in [0.5, 0.6) is 0 Å². The van der Waals surface area contributed by atoms with Gasteiger partial charge in [-0.05, 0) is 39.2 Å². The Balaban J connectivity index is 1.76. The van der Waals surface area contributed by atoms with Gasteiger partial charge < -0.3 is 14.8 Å². The Morgan fingerprint density at radius 3 is 2.95 bits per heavy atom. The molecule has 1 amide bonds. The van der Waals surface area contributed by atoms with Crippen LogP contribution in [0.2, 0.25) is 0 Å². The molecule has 2 fully saturated rings. The second kappa shape index (κ2) is 5.20. The van der Waals surface area contributed by atoms with E-state index in [4.69, 9.17) is 0 Å². The van der Waals surface area contributed by atoms with E-state index in [1.165, 1.54) is 0 Å². The molecule has 3 rings (SSSR count). The van der Waals surface area contributed by atoms with Crippen LogP contribution in [0.15, 0.2) is 12.4 Å². The molecule has 1 saturated heterocycles. The number of hydrogen-bond acceptors (Lipinski definition) is 3. The second-order valence-electron chi connectivity index (χ2n) is 6.46. The summed E-state index contributed by atoms with van der Waals surface area (Å²) in [6.07, 6.45) is 8.09. The minimum Gasteiger partial charge on any atom is -0.337 e. The molecular formula is C15H24N4O. The number of rotatable bonds is 4. The molecule has 0 spiro atoms. The number of nitrogens with zero attached hydrogens (tertiary/aromatic N) is 3. The van der Waals surface area contributed by atoms with Crippen molar-refractivity contribution in [2.24, 2.45) is 12.5 Å². The van der Waals surface area contributed by atoms with E-state index in [0.717, 1.165) is 44.6 Å². The van der Waals surface area contributed by atoms with Gasteiger partial charge in [0.15, 0.2) is 0 Å². The van der Waals surface area contributed by atoms with Crippen molar-refractivity contribution < 1.29 is 4.79 Å². The third-order valence-corrected chi connectivity index (χ3v) is 4.59. The summed E-state index contributed by atoms with van der Waals surface area (Å²) in [5.74, 6) is 1.27. The third kappa shape index (κ3) is 2.59. The van der Waals surface area contributed by atoms with Crippen molar-refractivity contribution >= 4 is 5.91 Å². The van der Waals surface area contributed by atoms with Crippen molar-refractivity contribution in [1.82, 2.24) is 19.8 Å². The summed E-state index contributed by atoms with van der Waals surface area (Å²) in [5, 5.41) is 3.37. The van der Waals surface area contributed by atoms with Gasteiger partial charge in [0, 0.05) is 32.0 Å². The van der Waals surface area contributed by atoms with Crippen molar-refractivity contribution in [3.8, 4) is 0 Å². The van der Waals surface area contributed by atoms with E-state index in [1.807, 2.05) is 17.8 Å². The molecule has 1 aliphatic carbocycles. The van der Waals surface area contributed by atoms with Crippen LogP contribution in [0, 0.1) is 5.41 Å². The first kappa shape index (κ1) is 13.6. The molecule has 0 aromatic carbocycles. The van der Waals surface area contributed by atoms with Crippen molar-refractivity contribution in [3.05, 3.63) is 18.2 Å². The Morgan fingerprint density at radius 1 is 1.60 bits per heavy atom. The predicted molar refractivity (Wildman–Crippen MR) is 77.0 cm³/mol. The van der Waals surface area contributed by atoms with Gasteiger partial charge in [-0.15, -0.1) is 0 Å². The fourth-order valence-electron chi connectivity index (χ4n) is 3.04. The highest BCUT2D eigenvalue weighted by atomic mass is 16.2. The van der Waals surface area contributed by atoms with Crippen LogP contribution in [0.1, 0.15) is 38.4 Å². The maximum absolute atomic E-state index is 13.0. The van der Waals surface area contributed by atoms with E-state index in [9.17, 15) is 4.79 Å². The van der Waals surface area contributed by atoms with Crippen LogP contribution in [0.4, 0.5) is 0 Å². The zero-order valence-electron chi connectivity index (χ0n) is 12.4. The van der Waals surface area contributed by atoms with Crippen LogP contribution >= 0.6 is 0 Å². The lowest BCUT2D eigenvalue weighted by Crippen LogP contribution is -2.50. The number of nitrogens with one attached hydrogen (secondary N) is 1. The molecule has 2 aliphatic rings. The molecular weight excluding hydrogens is 252 g/mol. The molecule has 1 aromatic heterocycles. The van der Waals surface area contributed by atoms with Gasteiger partial charge in [0.25, 0.3) is 0 Å². The average molecular weight is 276 g/mol. The number of aromatic nitrogens is 2. The molecule has 5 heteroatoms. The number of hydrogen-bond donors (Lipinski definition) is 1. The molecule has 0 radical (unpaired) electrons. The van der Waals surface area contributed by atoms with Gasteiger partial charge in [-0.3, -0.25) is 4.79 Å². The normalized spacial score (nSPS) is 26.5. The highest BCUT2D eigenvalue weighted by Gasteiger charge is 2.43. The highest BCUT2D eigenvalue weighted by molar-refractivity contribution is 5.83. The molecule has 1 aliphatic heterocycles. The summed E-state index contributed by atoms with van der Waals surface area (Å²) in [6.45, 7) is 4.58. The maximum atomic E-state index is 13.0. The Morgan fingerprint density at radius 2 is 2.40 bits per heavy atom. The molecule has 2 heterocycles. The van der Waals surface area contributed by atoms with E-state index in [2.05, 4.69) is 22.1 Å². The Bertz CT molecular complexity index is 486. The molecule has 1 aromatic rings. The van der Waals surface area contributed by atoms with Crippen LogP contribution in [-0.2, 0) is 18.4 Å². The van der Waals surface area contributed by atoms with Crippen molar-refractivity contribution in [3.63, 3.8) is 0 Å². The topological polar surface area (TPSA) is 50.2 Å². The Labute approximate surface area is 120 Å². The first-order valence-corrected chi connectivity index (χ1v) is 7.58. The minimum absolute atomic E-state index is 0.244. The Kier molecular flexibility index (Phi) is 3.54. The van der Waals surface area contributed by atoms with Gasteiger partial charge in [0.1, 0.15) is 5.82 Å². The SMILES string of the molecule is Cn1ccnc1CN(C(=O)C1(C)CCCNC1)C1CC1.